The van der Waals surface area contributed by atoms with Gasteiger partial charge in [-0.15, -0.1) is 24.8 Å². The number of hydrogen-bond donors (Lipinski definition) is 1. The lowest BCUT2D eigenvalue weighted by molar-refractivity contribution is -0.135. The van der Waals surface area contributed by atoms with Crippen LogP contribution in [0.4, 0.5) is 5.69 Å². The number of carbonyl (C=O) groups excluding carboxylic acids is 1. The van der Waals surface area contributed by atoms with Crippen molar-refractivity contribution in [3.63, 3.8) is 0 Å². The molecule has 2 heterocycles. The number of anilines is 1. The van der Waals surface area contributed by atoms with E-state index < -0.39 is 6.04 Å². The second-order valence-corrected chi connectivity index (χ2v) is 6.46. The Labute approximate surface area is 167 Å². The van der Waals surface area contributed by atoms with Crippen LogP contribution >= 0.6 is 24.8 Å². The van der Waals surface area contributed by atoms with E-state index in [9.17, 15) is 4.79 Å². The van der Waals surface area contributed by atoms with Gasteiger partial charge < -0.3 is 25.0 Å². The first-order valence-electron chi connectivity index (χ1n) is 8.71. The quantitative estimate of drug-likeness (QED) is 0.828. The van der Waals surface area contributed by atoms with Gasteiger partial charge in [0.1, 0.15) is 5.75 Å². The van der Waals surface area contributed by atoms with Crippen molar-refractivity contribution in [2.24, 2.45) is 11.7 Å². The van der Waals surface area contributed by atoms with Crippen molar-refractivity contribution < 1.29 is 14.3 Å². The van der Waals surface area contributed by atoms with Crippen LogP contribution in [-0.2, 0) is 9.53 Å². The second kappa shape index (κ2) is 10.8. The van der Waals surface area contributed by atoms with Crippen LogP contribution in [-0.4, -0.2) is 63.4 Å². The van der Waals surface area contributed by atoms with Crippen molar-refractivity contribution in [2.75, 3.05) is 51.4 Å². The fourth-order valence-corrected chi connectivity index (χ4v) is 3.55. The molecule has 1 atom stereocenters. The van der Waals surface area contributed by atoms with Crippen LogP contribution in [0.1, 0.15) is 12.8 Å². The van der Waals surface area contributed by atoms with Gasteiger partial charge in [-0.2, -0.15) is 0 Å². The Balaban J connectivity index is 0.00000169. The molecule has 26 heavy (non-hydrogen) atoms. The number of carbonyl (C=O) groups is 1. The van der Waals surface area contributed by atoms with Gasteiger partial charge in [0, 0.05) is 39.4 Å². The molecule has 8 heteroatoms. The zero-order chi connectivity index (χ0) is 16.9. The summed E-state index contributed by atoms with van der Waals surface area (Å²) >= 11 is 0. The minimum atomic E-state index is -0.397. The third kappa shape index (κ3) is 5.16. The van der Waals surface area contributed by atoms with Crippen LogP contribution in [0.5, 0.6) is 5.75 Å². The van der Waals surface area contributed by atoms with Gasteiger partial charge in [0.05, 0.1) is 18.8 Å². The van der Waals surface area contributed by atoms with Crippen LogP contribution in [0.25, 0.3) is 0 Å². The molecule has 1 unspecified atom stereocenters. The van der Waals surface area contributed by atoms with Gasteiger partial charge in [-0.1, -0.05) is 12.1 Å². The van der Waals surface area contributed by atoms with Crippen LogP contribution in [0.2, 0.25) is 0 Å². The molecule has 1 amide bonds. The summed E-state index contributed by atoms with van der Waals surface area (Å²) in [4.78, 5) is 16.9. The van der Waals surface area contributed by atoms with Crippen molar-refractivity contribution >= 4 is 36.4 Å². The number of methoxy groups -OCH3 is 1. The number of nitrogens with zero attached hydrogens (tertiary/aromatic N) is 2. The minimum absolute atomic E-state index is 0. The first kappa shape index (κ1) is 22.8. The topological polar surface area (TPSA) is 68.0 Å². The normalized spacial score (nSPS) is 19.2. The molecule has 6 nitrogen and oxygen atoms in total. The summed E-state index contributed by atoms with van der Waals surface area (Å²) in [5, 5.41) is 0. The smallest absolute Gasteiger partial charge is 0.239 e. The van der Waals surface area contributed by atoms with Crippen molar-refractivity contribution in [1.82, 2.24) is 4.90 Å². The molecule has 2 fully saturated rings. The van der Waals surface area contributed by atoms with Crippen LogP contribution in [0, 0.1) is 5.92 Å². The lowest BCUT2D eigenvalue weighted by atomic mass is 9.91. The third-order valence-electron chi connectivity index (χ3n) is 5.08. The van der Waals surface area contributed by atoms with Crippen LogP contribution in [0.15, 0.2) is 24.3 Å². The van der Waals surface area contributed by atoms with Gasteiger partial charge in [0.15, 0.2) is 0 Å². The van der Waals surface area contributed by atoms with E-state index in [1.165, 1.54) is 0 Å². The molecule has 2 aliphatic heterocycles. The predicted octanol–water partition coefficient (Wildman–Crippen LogP) is 1.94. The van der Waals surface area contributed by atoms with E-state index in [0.717, 1.165) is 37.4 Å². The highest BCUT2D eigenvalue weighted by atomic mass is 35.5. The zero-order valence-electron chi connectivity index (χ0n) is 15.1. The van der Waals surface area contributed by atoms with E-state index in [1.807, 2.05) is 23.1 Å². The van der Waals surface area contributed by atoms with E-state index >= 15 is 0 Å². The Bertz CT molecular complexity index is 562. The fraction of sp³-hybridized carbons (Fsp3) is 0.611. The van der Waals surface area contributed by atoms with Gasteiger partial charge in [0.2, 0.25) is 5.91 Å². The number of hydrogen-bond acceptors (Lipinski definition) is 5. The van der Waals surface area contributed by atoms with Gasteiger partial charge in [-0.3, -0.25) is 4.79 Å². The number of benzene rings is 1. The fourth-order valence-electron chi connectivity index (χ4n) is 3.55. The number of rotatable bonds is 4. The molecule has 0 spiro atoms. The number of piperazine rings is 1. The first-order valence-corrected chi connectivity index (χ1v) is 8.71. The molecule has 3 rings (SSSR count). The summed E-state index contributed by atoms with van der Waals surface area (Å²) in [5.74, 6) is 1.20. The highest BCUT2D eigenvalue weighted by Crippen LogP contribution is 2.28. The van der Waals surface area contributed by atoms with Gasteiger partial charge in [-0.25, -0.2) is 0 Å². The number of ether oxygens (including phenoxy) is 2. The number of para-hydroxylation sites is 2. The van der Waals surface area contributed by atoms with Gasteiger partial charge in [-0.05, 0) is 30.9 Å². The Morgan fingerprint density at radius 1 is 1.15 bits per heavy atom. The largest absolute Gasteiger partial charge is 0.495 e. The lowest BCUT2D eigenvalue weighted by Crippen LogP contribution is -2.55. The Morgan fingerprint density at radius 2 is 1.77 bits per heavy atom. The Hall–Kier alpha value is -1.21. The average Bonchev–Trinajstić information content (AvgIpc) is 2.67. The minimum Gasteiger partial charge on any atom is -0.495 e. The van der Waals surface area contributed by atoms with Crippen molar-refractivity contribution in [3.05, 3.63) is 24.3 Å². The summed E-state index contributed by atoms with van der Waals surface area (Å²) in [6.07, 6.45) is 1.77. The van der Waals surface area contributed by atoms with E-state index in [2.05, 4.69) is 11.0 Å². The highest BCUT2D eigenvalue weighted by molar-refractivity contribution is 5.85. The molecule has 2 N–H and O–H groups in total. The summed E-state index contributed by atoms with van der Waals surface area (Å²) in [5.41, 5.74) is 7.32. The molecule has 0 aliphatic carbocycles. The summed E-state index contributed by atoms with van der Waals surface area (Å²) in [6.45, 7) is 4.43. The average molecular weight is 406 g/mol. The first-order chi connectivity index (χ1) is 11.7. The number of halogens is 2. The van der Waals surface area contributed by atoms with E-state index in [4.69, 9.17) is 15.2 Å². The number of amides is 1. The van der Waals surface area contributed by atoms with Crippen LogP contribution < -0.4 is 15.4 Å². The molecule has 0 radical (unpaired) electrons. The predicted molar refractivity (Wildman–Crippen MR) is 108 cm³/mol. The van der Waals surface area contributed by atoms with Crippen molar-refractivity contribution in [3.8, 4) is 5.75 Å². The summed E-state index contributed by atoms with van der Waals surface area (Å²) in [6, 6.07) is 7.61. The molecule has 1 aromatic rings. The lowest BCUT2D eigenvalue weighted by Gasteiger charge is -2.38. The van der Waals surface area contributed by atoms with E-state index in [-0.39, 0.29) is 36.6 Å². The third-order valence-corrected chi connectivity index (χ3v) is 5.08. The van der Waals surface area contributed by atoms with Crippen molar-refractivity contribution in [1.29, 1.82) is 0 Å². The monoisotopic (exact) mass is 405 g/mol. The Morgan fingerprint density at radius 3 is 2.38 bits per heavy atom. The van der Waals surface area contributed by atoms with Crippen molar-refractivity contribution in [2.45, 2.75) is 18.9 Å². The molecule has 1 aromatic carbocycles. The van der Waals surface area contributed by atoms with Gasteiger partial charge in [0.25, 0.3) is 0 Å². The molecular weight excluding hydrogens is 377 g/mol. The summed E-state index contributed by atoms with van der Waals surface area (Å²) < 4.78 is 10.8. The molecule has 2 saturated heterocycles. The Kier molecular flexibility index (Phi) is 9.50. The highest BCUT2D eigenvalue weighted by Gasteiger charge is 2.31. The van der Waals surface area contributed by atoms with E-state index in [1.54, 1.807) is 7.11 Å². The zero-order valence-corrected chi connectivity index (χ0v) is 16.8. The molecule has 0 aromatic heterocycles. The standard InChI is InChI=1S/C18H27N3O3.2ClH/c1-23-16-5-3-2-4-15(16)20-8-10-21(11-9-20)18(22)17(19)14-6-12-24-13-7-14;;/h2-5,14,17H,6-13,19H2,1H3;2*1H. The number of nitrogens with two attached hydrogens (primary N) is 1. The second-order valence-electron chi connectivity index (χ2n) is 6.46. The molecule has 0 saturated carbocycles. The maximum Gasteiger partial charge on any atom is 0.239 e. The molecular formula is C18H29Cl2N3O3. The maximum absolute atomic E-state index is 12.7. The molecule has 148 valence electrons. The molecule has 2 aliphatic rings. The van der Waals surface area contributed by atoms with E-state index in [0.29, 0.717) is 26.3 Å². The summed E-state index contributed by atoms with van der Waals surface area (Å²) in [7, 11) is 1.69. The maximum atomic E-state index is 12.7. The van der Waals surface area contributed by atoms with Gasteiger partial charge >= 0.3 is 0 Å². The SMILES string of the molecule is COc1ccccc1N1CCN(C(=O)C(N)C2CCOCC2)CC1.Cl.Cl. The molecule has 0 bridgehead atoms. The van der Waals surface area contributed by atoms with Crippen LogP contribution in [0.3, 0.4) is 0 Å².